The van der Waals surface area contributed by atoms with Crippen molar-refractivity contribution in [1.29, 1.82) is 0 Å². The van der Waals surface area contributed by atoms with Crippen molar-refractivity contribution in [3.05, 3.63) is 108 Å². The Hall–Kier alpha value is -4.09. The molecule has 0 bridgehead atoms. The predicted octanol–water partition coefficient (Wildman–Crippen LogP) is 5.56. The number of hydrogen-bond acceptors (Lipinski definition) is 9. The standard InChI is InChI=1S/2C13H17NO2.C8H8O2.C6H13NO/c14-11-6-8-12(9-7-11)16-13(15)10-4-2-1-3-5-10;15-12-8-6-11(7-9-12)14-13(16)10-4-2-1-3-5-10;1-10-8(9)7-5-3-2-4-6-7;7-5-1-3-6(8)4-2-5/h1-5,11-12H,6-9,14H2;1-5,11-12,15H,6-9H2,(H,14,16);2-6H,1H3;5-6,8H,1-4,7H2. The summed E-state index contributed by atoms with van der Waals surface area (Å²) in [6, 6.07) is 28.1. The maximum absolute atomic E-state index is 11.8. The Bertz CT molecular complexity index is 1290. The lowest BCUT2D eigenvalue weighted by Gasteiger charge is -2.26. The number of carbonyl (C=O) groups is 3. The minimum Gasteiger partial charge on any atom is -0.465 e. The summed E-state index contributed by atoms with van der Waals surface area (Å²) in [5.41, 5.74) is 13.3. The third-order valence-electron chi connectivity index (χ3n) is 9.01. The first-order valence-corrected chi connectivity index (χ1v) is 17.8. The van der Waals surface area contributed by atoms with E-state index in [1.54, 1.807) is 36.4 Å². The molecule has 3 saturated carbocycles. The third kappa shape index (κ3) is 15.6. The highest BCUT2D eigenvalue weighted by Gasteiger charge is 2.23. The van der Waals surface area contributed by atoms with Crippen molar-refractivity contribution in [3.8, 4) is 0 Å². The second kappa shape index (κ2) is 22.6. The van der Waals surface area contributed by atoms with Crippen LogP contribution in [0.5, 0.6) is 0 Å². The van der Waals surface area contributed by atoms with Gasteiger partial charge in [-0.1, -0.05) is 54.6 Å². The molecule has 0 atom stereocenters. The average molecular weight is 690 g/mol. The van der Waals surface area contributed by atoms with Crippen LogP contribution in [0.4, 0.5) is 0 Å². The van der Waals surface area contributed by atoms with Crippen LogP contribution >= 0.6 is 0 Å². The van der Waals surface area contributed by atoms with Crippen molar-refractivity contribution in [2.45, 2.75) is 113 Å². The van der Waals surface area contributed by atoms with Gasteiger partial charge in [-0.2, -0.15) is 0 Å². The lowest BCUT2D eigenvalue weighted by Crippen LogP contribution is -2.38. The van der Waals surface area contributed by atoms with Crippen molar-refractivity contribution in [2.24, 2.45) is 11.5 Å². The summed E-state index contributed by atoms with van der Waals surface area (Å²) in [6.07, 6.45) is 10.6. The summed E-state index contributed by atoms with van der Waals surface area (Å²) in [7, 11) is 1.37. The maximum Gasteiger partial charge on any atom is 0.338 e. The molecule has 50 heavy (non-hydrogen) atoms. The van der Waals surface area contributed by atoms with Gasteiger partial charge in [-0.25, -0.2) is 9.59 Å². The van der Waals surface area contributed by atoms with E-state index in [4.69, 9.17) is 21.3 Å². The molecule has 3 fully saturated rings. The molecule has 0 heterocycles. The van der Waals surface area contributed by atoms with Crippen LogP contribution in [0.15, 0.2) is 91.0 Å². The second-order valence-corrected chi connectivity index (χ2v) is 13.1. The first-order chi connectivity index (χ1) is 24.1. The fourth-order valence-corrected chi connectivity index (χ4v) is 5.87. The smallest absolute Gasteiger partial charge is 0.338 e. The van der Waals surface area contributed by atoms with Crippen LogP contribution in [0.1, 0.15) is 108 Å². The number of ether oxygens (including phenoxy) is 2. The van der Waals surface area contributed by atoms with Gasteiger partial charge in [-0.15, -0.1) is 0 Å². The number of aliphatic hydroxyl groups is 2. The fraction of sp³-hybridized carbons (Fsp3) is 0.475. The monoisotopic (exact) mass is 689 g/mol. The van der Waals surface area contributed by atoms with E-state index in [2.05, 4.69) is 10.1 Å². The van der Waals surface area contributed by atoms with Crippen LogP contribution < -0.4 is 16.8 Å². The molecule has 6 rings (SSSR count). The van der Waals surface area contributed by atoms with Gasteiger partial charge >= 0.3 is 11.9 Å². The predicted molar refractivity (Wildman–Crippen MR) is 194 cm³/mol. The van der Waals surface area contributed by atoms with Crippen LogP contribution in [0.25, 0.3) is 0 Å². The molecule has 3 aliphatic rings. The van der Waals surface area contributed by atoms with Crippen molar-refractivity contribution >= 4 is 17.8 Å². The Balaban J connectivity index is 0.000000187. The van der Waals surface area contributed by atoms with Gasteiger partial charge in [0.2, 0.25) is 0 Å². The average Bonchev–Trinajstić information content (AvgIpc) is 3.16. The van der Waals surface area contributed by atoms with Crippen LogP contribution in [0.2, 0.25) is 0 Å². The van der Waals surface area contributed by atoms with Crippen LogP contribution in [0.3, 0.4) is 0 Å². The Morgan fingerprint density at radius 1 is 0.560 bits per heavy atom. The summed E-state index contributed by atoms with van der Waals surface area (Å²) < 4.78 is 9.93. The molecule has 3 aromatic rings. The van der Waals surface area contributed by atoms with E-state index in [9.17, 15) is 19.5 Å². The first-order valence-electron chi connectivity index (χ1n) is 17.8. The van der Waals surface area contributed by atoms with Gasteiger partial charge in [-0.05, 0) is 113 Å². The number of esters is 2. The van der Waals surface area contributed by atoms with E-state index in [-0.39, 0.29) is 48.2 Å². The molecular formula is C40H55N3O7. The lowest BCUT2D eigenvalue weighted by molar-refractivity contribution is 0.0197. The molecular weight excluding hydrogens is 634 g/mol. The SMILES string of the molecule is COC(=O)c1ccccc1.NC1CCC(O)CC1.NC1CCC(OC(=O)c2ccccc2)CC1.O=C(NC1CCC(O)CC1)c1ccccc1. The van der Waals surface area contributed by atoms with Crippen molar-refractivity contribution < 1.29 is 34.1 Å². The number of methoxy groups -OCH3 is 1. The Kier molecular flexibility index (Phi) is 18.2. The number of hydrogen-bond donors (Lipinski definition) is 5. The molecule has 10 heteroatoms. The molecule has 0 unspecified atom stereocenters. The minimum atomic E-state index is -0.291. The summed E-state index contributed by atoms with van der Waals surface area (Å²) in [6.45, 7) is 0. The van der Waals surface area contributed by atoms with Crippen LogP contribution in [-0.2, 0) is 9.47 Å². The normalized spacial score (nSPS) is 24.2. The van der Waals surface area contributed by atoms with Crippen molar-refractivity contribution in [2.75, 3.05) is 7.11 Å². The highest BCUT2D eigenvalue weighted by molar-refractivity contribution is 5.94. The molecule has 0 aliphatic heterocycles. The quantitative estimate of drug-likeness (QED) is 0.215. The third-order valence-corrected chi connectivity index (χ3v) is 9.01. The van der Waals surface area contributed by atoms with Crippen molar-refractivity contribution in [3.63, 3.8) is 0 Å². The zero-order chi connectivity index (χ0) is 36.1. The highest BCUT2D eigenvalue weighted by atomic mass is 16.5. The van der Waals surface area contributed by atoms with Gasteiger partial charge < -0.3 is 36.5 Å². The number of nitrogens with two attached hydrogens (primary N) is 2. The van der Waals surface area contributed by atoms with Crippen molar-refractivity contribution in [1.82, 2.24) is 5.32 Å². The Morgan fingerprint density at radius 3 is 1.36 bits per heavy atom. The van der Waals surface area contributed by atoms with Gasteiger partial charge in [0.1, 0.15) is 6.10 Å². The minimum absolute atomic E-state index is 0.0120. The molecule has 0 saturated heterocycles. The second-order valence-electron chi connectivity index (χ2n) is 13.1. The molecule has 10 nitrogen and oxygen atoms in total. The molecule has 272 valence electrons. The number of amides is 1. The zero-order valence-electron chi connectivity index (χ0n) is 29.2. The van der Waals surface area contributed by atoms with E-state index in [1.807, 2.05) is 54.6 Å². The van der Waals surface area contributed by atoms with Crippen LogP contribution in [-0.4, -0.2) is 71.6 Å². The number of aliphatic hydroxyl groups excluding tert-OH is 2. The van der Waals surface area contributed by atoms with Gasteiger partial charge in [0.25, 0.3) is 5.91 Å². The molecule has 0 radical (unpaired) electrons. The van der Waals surface area contributed by atoms with E-state index in [0.29, 0.717) is 22.7 Å². The largest absolute Gasteiger partial charge is 0.465 e. The Morgan fingerprint density at radius 2 is 0.940 bits per heavy atom. The van der Waals surface area contributed by atoms with Gasteiger partial charge in [-0.3, -0.25) is 4.79 Å². The van der Waals surface area contributed by atoms with Gasteiger partial charge in [0, 0.05) is 23.7 Å². The van der Waals surface area contributed by atoms with Gasteiger partial charge in [0.15, 0.2) is 0 Å². The molecule has 3 aliphatic carbocycles. The highest BCUT2D eigenvalue weighted by Crippen LogP contribution is 2.21. The molecule has 3 aromatic carbocycles. The molecule has 1 amide bonds. The summed E-state index contributed by atoms with van der Waals surface area (Å²) in [4.78, 5) is 34.4. The lowest BCUT2D eigenvalue weighted by atomic mass is 9.93. The van der Waals surface area contributed by atoms with E-state index < -0.39 is 0 Å². The van der Waals surface area contributed by atoms with Gasteiger partial charge in [0.05, 0.1) is 30.4 Å². The van der Waals surface area contributed by atoms with E-state index in [1.165, 1.54) is 7.11 Å². The summed E-state index contributed by atoms with van der Waals surface area (Å²) >= 11 is 0. The zero-order valence-corrected chi connectivity index (χ0v) is 29.2. The van der Waals surface area contributed by atoms with E-state index in [0.717, 1.165) is 77.0 Å². The van der Waals surface area contributed by atoms with Crippen LogP contribution in [0, 0.1) is 0 Å². The number of nitrogens with one attached hydrogen (secondary N) is 1. The maximum atomic E-state index is 11.8. The topological polar surface area (TPSA) is 174 Å². The number of benzene rings is 3. The number of rotatable bonds is 5. The van der Waals surface area contributed by atoms with E-state index >= 15 is 0 Å². The summed E-state index contributed by atoms with van der Waals surface area (Å²) in [5, 5.41) is 21.3. The molecule has 0 spiro atoms. The first kappa shape index (κ1) is 40.3. The molecule has 7 N–H and O–H groups in total. The fourth-order valence-electron chi connectivity index (χ4n) is 5.87. The molecule has 0 aromatic heterocycles. The summed E-state index contributed by atoms with van der Waals surface area (Å²) in [5.74, 6) is -0.524. The Labute approximate surface area is 296 Å². The number of carbonyl (C=O) groups excluding carboxylic acids is 3.